The predicted octanol–water partition coefficient (Wildman–Crippen LogP) is 2.21. The van der Waals surface area contributed by atoms with Crippen LogP contribution in [0.1, 0.15) is 12.0 Å². The van der Waals surface area contributed by atoms with Gasteiger partial charge >= 0.3 is 0 Å². The molecule has 5 heteroatoms. The van der Waals surface area contributed by atoms with Gasteiger partial charge in [0.15, 0.2) is 18.9 Å². The van der Waals surface area contributed by atoms with Crippen LogP contribution in [-0.4, -0.2) is 13.0 Å². The standard InChI is InChI=1S/C19H18N2O2S/c1-20-16-6-2-3-7-17(16)24-18(20)8-4-5-15-9-12-21(13-10-15)14-11-19(22)23/h2-10,12-13H,11,14H2,1H3. The molecule has 0 N–H and O–H groups in total. The summed E-state index contributed by atoms with van der Waals surface area (Å²) in [5.41, 5.74) is 2.30. The van der Waals surface area contributed by atoms with Gasteiger partial charge < -0.3 is 14.8 Å². The number of rotatable bonds is 5. The normalized spacial score (nSPS) is 15.2. The molecule has 1 aromatic heterocycles. The largest absolute Gasteiger partial charge is 0.550 e. The van der Waals surface area contributed by atoms with E-state index in [4.69, 9.17) is 0 Å². The molecule has 0 bridgehead atoms. The van der Waals surface area contributed by atoms with Crippen LogP contribution in [0.15, 0.2) is 70.9 Å². The zero-order valence-electron chi connectivity index (χ0n) is 13.4. The Labute approximate surface area is 145 Å². The first kappa shape index (κ1) is 16.3. The molecule has 4 nitrogen and oxygen atoms in total. The van der Waals surface area contributed by atoms with Crippen LogP contribution in [0.3, 0.4) is 0 Å². The van der Waals surface area contributed by atoms with Gasteiger partial charge in [-0.15, -0.1) is 0 Å². The van der Waals surface area contributed by atoms with Crippen LogP contribution in [0.5, 0.6) is 0 Å². The third-order valence-electron chi connectivity index (χ3n) is 3.79. The van der Waals surface area contributed by atoms with E-state index in [0.717, 1.165) is 5.56 Å². The number of allylic oxidation sites excluding steroid dienone is 2. The zero-order valence-corrected chi connectivity index (χ0v) is 14.2. The van der Waals surface area contributed by atoms with E-state index in [-0.39, 0.29) is 6.42 Å². The SMILES string of the molecule is CN1/C(=C\C=C\c2cc[n+](CCC(=O)[O-])cc2)Sc2ccccc21. The number of hydrogen-bond donors (Lipinski definition) is 0. The van der Waals surface area contributed by atoms with Crippen molar-refractivity contribution < 1.29 is 14.5 Å². The van der Waals surface area contributed by atoms with Crippen LogP contribution in [0.4, 0.5) is 5.69 Å². The molecular formula is C19H18N2O2S. The van der Waals surface area contributed by atoms with Crippen molar-refractivity contribution in [3.05, 3.63) is 71.5 Å². The van der Waals surface area contributed by atoms with E-state index in [2.05, 4.69) is 36.2 Å². The second-order valence-electron chi connectivity index (χ2n) is 5.48. The lowest BCUT2D eigenvalue weighted by Crippen LogP contribution is -2.36. The van der Waals surface area contributed by atoms with Gasteiger partial charge in [-0.2, -0.15) is 0 Å². The molecule has 0 amide bonds. The summed E-state index contributed by atoms with van der Waals surface area (Å²) in [5, 5.41) is 11.7. The van der Waals surface area contributed by atoms with Crippen LogP contribution in [0.2, 0.25) is 0 Å². The van der Waals surface area contributed by atoms with E-state index in [1.165, 1.54) is 15.6 Å². The number of thioether (sulfide) groups is 1. The molecule has 122 valence electrons. The highest BCUT2D eigenvalue weighted by atomic mass is 32.2. The van der Waals surface area contributed by atoms with Crippen molar-refractivity contribution >= 4 is 29.5 Å². The van der Waals surface area contributed by atoms with Gasteiger partial charge in [-0.1, -0.05) is 36.0 Å². The molecule has 2 heterocycles. The lowest BCUT2D eigenvalue weighted by atomic mass is 10.2. The number of fused-ring (bicyclic) bond motifs is 1. The van der Waals surface area contributed by atoms with Crippen LogP contribution in [-0.2, 0) is 11.3 Å². The summed E-state index contributed by atoms with van der Waals surface area (Å²) >= 11 is 1.76. The van der Waals surface area contributed by atoms with Gasteiger partial charge in [-0.3, -0.25) is 0 Å². The Bertz CT molecular complexity index is 797. The van der Waals surface area contributed by atoms with Crippen molar-refractivity contribution in [2.45, 2.75) is 17.9 Å². The van der Waals surface area contributed by atoms with Crippen LogP contribution >= 0.6 is 11.8 Å². The van der Waals surface area contributed by atoms with Crippen LogP contribution in [0.25, 0.3) is 6.08 Å². The van der Waals surface area contributed by atoms with Crippen molar-refractivity contribution in [3.8, 4) is 0 Å². The Kier molecular flexibility index (Phi) is 5.01. The van der Waals surface area contributed by atoms with Crippen molar-refractivity contribution in [2.24, 2.45) is 0 Å². The highest BCUT2D eigenvalue weighted by molar-refractivity contribution is 8.03. The monoisotopic (exact) mass is 338 g/mol. The summed E-state index contributed by atoms with van der Waals surface area (Å²) in [5.74, 6) is -1.03. The molecule has 0 saturated carbocycles. The molecule has 3 rings (SSSR count). The number of aromatic nitrogens is 1. The van der Waals surface area contributed by atoms with Gasteiger partial charge in [-0.25, -0.2) is 4.57 Å². The zero-order chi connectivity index (χ0) is 16.9. The second kappa shape index (κ2) is 7.36. The van der Waals surface area contributed by atoms with E-state index in [0.29, 0.717) is 6.54 Å². The molecule has 0 aliphatic carbocycles. The number of para-hydroxylation sites is 1. The van der Waals surface area contributed by atoms with E-state index < -0.39 is 5.97 Å². The Morgan fingerprint density at radius 1 is 1.25 bits per heavy atom. The quantitative estimate of drug-likeness (QED) is 0.784. The Balaban J connectivity index is 1.63. The van der Waals surface area contributed by atoms with Crippen molar-refractivity contribution in [1.29, 1.82) is 0 Å². The average molecular weight is 338 g/mol. The first-order valence-corrected chi connectivity index (χ1v) is 8.53. The Hall–Kier alpha value is -2.53. The third-order valence-corrected chi connectivity index (χ3v) is 4.97. The summed E-state index contributed by atoms with van der Waals surface area (Å²) in [6.07, 6.45) is 9.95. The minimum Gasteiger partial charge on any atom is -0.550 e. The maximum atomic E-state index is 10.5. The predicted molar refractivity (Wildman–Crippen MR) is 94.1 cm³/mol. The number of aliphatic carboxylic acids is 1. The summed E-state index contributed by atoms with van der Waals surface area (Å²) in [6.45, 7) is 0.427. The molecule has 1 aliphatic rings. The van der Waals surface area contributed by atoms with E-state index in [9.17, 15) is 9.90 Å². The number of aryl methyl sites for hydroxylation is 1. The second-order valence-corrected chi connectivity index (χ2v) is 6.55. The van der Waals surface area contributed by atoms with Gasteiger partial charge in [0.05, 0.1) is 10.7 Å². The molecule has 0 radical (unpaired) electrons. The summed E-state index contributed by atoms with van der Waals surface area (Å²) < 4.78 is 1.84. The van der Waals surface area contributed by atoms with Crippen molar-refractivity contribution in [3.63, 3.8) is 0 Å². The van der Waals surface area contributed by atoms with Gasteiger partial charge in [0.1, 0.15) is 0 Å². The maximum absolute atomic E-state index is 10.5. The van der Waals surface area contributed by atoms with Crippen LogP contribution < -0.4 is 14.6 Å². The lowest BCUT2D eigenvalue weighted by molar-refractivity contribution is -0.696. The molecular weight excluding hydrogens is 320 g/mol. The molecule has 0 unspecified atom stereocenters. The number of carboxylic acids is 1. The minimum atomic E-state index is -1.03. The van der Waals surface area contributed by atoms with E-state index in [1.807, 2.05) is 47.3 Å². The summed E-state index contributed by atoms with van der Waals surface area (Å²) in [4.78, 5) is 13.9. The van der Waals surface area contributed by atoms with Crippen LogP contribution in [0, 0.1) is 0 Å². The first-order chi connectivity index (χ1) is 11.6. The van der Waals surface area contributed by atoms with Crippen molar-refractivity contribution in [2.75, 3.05) is 11.9 Å². The average Bonchev–Trinajstić information content (AvgIpc) is 2.91. The fourth-order valence-electron chi connectivity index (χ4n) is 2.46. The molecule has 24 heavy (non-hydrogen) atoms. The number of nitrogens with zero attached hydrogens (tertiary/aromatic N) is 2. The number of hydrogen-bond acceptors (Lipinski definition) is 4. The topological polar surface area (TPSA) is 47.2 Å². The highest BCUT2D eigenvalue weighted by Crippen LogP contribution is 2.44. The third kappa shape index (κ3) is 3.86. The van der Waals surface area contributed by atoms with Gasteiger partial charge in [-0.05, 0) is 23.8 Å². The number of pyridine rings is 1. The fourth-order valence-corrected chi connectivity index (χ4v) is 3.52. The first-order valence-electron chi connectivity index (χ1n) is 7.71. The summed E-state index contributed by atoms with van der Waals surface area (Å²) in [6, 6.07) is 12.3. The smallest absolute Gasteiger partial charge is 0.169 e. The lowest BCUT2D eigenvalue weighted by Gasteiger charge is -2.12. The number of benzene rings is 1. The minimum absolute atomic E-state index is 0.0239. The molecule has 1 aliphatic heterocycles. The number of carbonyl (C=O) groups is 1. The van der Waals surface area contributed by atoms with Gasteiger partial charge in [0, 0.05) is 36.5 Å². The molecule has 0 spiro atoms. The van der Waals surface area contributed by atoms with E-state index in [1.54, 1.807) is 11.8 Å². The van der Waals surface area contributed by atoms with Gasteiger partial charge in [0.25, 0.3) is 0 Å². The van der Waals surface area contributed by atoms with Gasteiger partial charge in [0.2, 0.25) is 0 Å². The number of anilines is 1. The summed E-state index contributed by atoms with van der Waals surface area (Å²) in [7, 11) is 2.07. The molecule has 1 aromatic carbocycles. The number of carbonyl (C=O) groups excluding carboxylic acids is 1. The molecule has 0 fully saturated rings. The van der Waals surface area contributed by atoms with E-state index >= 15 is 0 Å². The maximum Gasteiger partial charge on any atom is 0.169 e. The highest BCUT2D eigenvalue weighted by Gasteiger charge is 2.20. The molecule has 0 atom stereocenters. The Morgan fingerprint density at radius 2 is 2.00 bits per heavy atom. The van der Waals surface area contributed by atoms with Crippen molar-refractivity contribution in [1.82, 2.24) is 0 Å². The molecule has 0 saturated heterocycles. The Morgan fingerprint density at radius 3 is 2.71 bits per heavy atom. The molecule has 2 aromatic rings. The number of carboxylic acid groups (broad SMARTS) is 1. The fraction of sp³-hybridized carbons (Fsp3) is 0.158.